The lowest BCUT2D eigenvalue weighted by Crippen LogP contribution is -2.40. The number of para-hydroxylation sites is 2. The first-order chi connectivity index (χ1) is 12.1. The lowest BCUT2D eigenvalue weighted by atomic mass is 10.1. The van der Waals surface area contributed by atoms with E-state index in [1.54, 1.807) is 63.2 Å². The fraction of sp³-hybridized carbons (Fsp3) is 0.316. The van der Waals surface area contributed by atoms with Crippen molar-refractivity contribution in [3.8, 4) is 5.75 Å². The Bertz CT molecular complexity index is 886. The zero-order chi connectivity index (χ0) is 19.4. The summed E-state index contributed by atoms with van der Waals surface area (Å²) in [6.45, 7) is 7.51. The molecule has 2 aromatic rings. The molecule has 0 bridgehead atoms. The van der Waals surface area contributed by atoms with Crippen LogP contribution in [0.3, 0.4) is 0 Å². The SMILES string of the molecule is CCOc1ccccc1C(=O)Nc1ccccc1S(=O)(=O)NC(C)(C)C. The van der Waals surface area contributed by atoms with E-state index in [1.165, 1.54) is 6.07 Å². The monoisotopic (exact) mass is 376 g/mol. The van der Waals surface area contributed by atoms with E-state index in [-0.39, 0.29) is 10.6 Å². The van der Waals surface area contributed by atoms with Gasteiger partial charge in [0, 0.05) is 5.54 Å². The van der Waals surface area contributed by atoms with Gasteiger partial charge in [-0.3, -0.25) is 4.79 Å². The van der Waals surface area contributed by atoms with Gasteiger partial charge < -0.3 is 10.1 Å². The van der Waals surface area contributed by atoms with Gasteiger partial charge in [-0.1, -0.05) is 24.3 Å². The summed E-state index contributed by atoms with van der Waals surface area (Å²) >= 11 is 0. The highest BCUT2D eigenvalue weighted by Crippen LogP contribution is 2.25. The van der Waals surface area contributed by atoms with Crippen molar-refractivity contribution in [2.45, 2.75) is 38.1 Å². The van der Waals surface area contributed by atoms with Crippen LogP contribution in [-0.2, 0) is 10.0 Å². The fourth-order valence-corrected chi connectivity index (χ4v) is 3.97. The van der Waals surface area contributed by atoms with E-state index in [1.807, 2.05) is 6.92 Å². The first-order valence-corrected chi connectivity index (χ1v) is 9.78. The molecule has 0 saturated carbocycles. The molecule has 1 amide bonds. The number of carbonyl (C=O) groups excluding carboxylic acids is 1. The van der Waals surface area contributed by atoms with Crippen LogP contribution in [-0.4, -0.2) is 26.5 Å². The molecule has 2 N–H and O–H groups in total. The Balaban J connectivity index is 2.36. The molecule has 0 unspecified atom stereocenters. The van der Waals surface area contributed by atoms with Crippen LogP contribution < -0.4 is 14.8 Å². The summed E-state index contributed by atoms with van der Waals surface area (Å²) in [4.78, 5) is 12.7. The number of hydrogen-bond acceptors (Lipinski definition) is 4. The predicted molar refractivity (Wildman–Crippen MR) is 102 cm³/mol. The van der Waals surface area contributed by atoms with Gasteiger partial charge in [0.15, 0.2) is 0 Å². The van der Waals surface area contributed by atoms with Crippen molar-refractivity contribution in [1.82, 2.24) is 4.72 Å². The molecule has 0 atom stereocenters. The first kappa shape index (κ1) is 19.9. The minimum absolute atomic E-state index is 0.0113. The molecular weight excluding hydrogens is 352 g/mol. The normalized spacial score (nSPS) is 11.8. The number of amides is 1. The lowest BCUT2D eigenvalue weighted by Gasteiger charge is -2.21. The maximum Gasteiger partial charge on any atom is 0.259 e. The zero-order valence-corrected chi connectivity index (χ0v) is 16.2. The number of hydrogen-bond donors (Lipinski definition) is 2. The van der Waals surface area contributed by atoms with Crippen LogP contribution >= 0.6 is 0 Å². The molecule has 6 nitrogen and oxygen atoms in total. The topological polar surface area (TPSA) is 84.5 Å². The number of carbonyl (C=O) groups is 1. The number of benzene rings is 2. The van der Waals surface area contributed by atoms with Crippen LogP contribution in [0.1, 0.15) is 38.1 Å². The molecule has 140 valence electrons. The average molecular weight is 376 g/mol. The maximum atomic E-state index is 12.7. The Morgan fingerprint density at radius 2 is 1.65 bits per heavy atom. The van der Waals surface area contributed by atoms with Crippen molar-refractivity contribution in [3.63, 3.8) is 0 Å². The van der Waals surface area contributed by atoms with E-state index >= 15 is 0 Å². The van der Waals surface area contributed by atoms with Crippen LogP contribution in [0.4, 0.5) is 5.69 Å². The minimum atomic E-state index is -3.79. The van der Waals surface area contributed by atoms with E-state index in [2.05, 4.69) is 10.0 Å². The molecule has 0 radical (unpaired) electrons. The van der Waals surface area contributed by atoms with Crippen LogP contribution in [0.5, 0.6) is 5.75 Å². The smallest absolute Gasteiger partial charge is 0.259 e. The van der Waals surface area contributed by atoms with Crippen molar-refractivity contribution in [3.05, 3.63) is 54.1 Å². The van der Waals surface area contributed by atoms with Crippen molar-refractivity contribution in [2.24, 2.45) is 0 Å². The molecule has 0 aliphatic rings. The van der Waals surface area contributed by atoms with Crippen LogP contribution in [0, 0.1) is 0 Å². The van der Waals surface area contributed by atoms with Crippen molar-refractivity contribution in [2.75, 3.05) is 11.9 Å². The van der Waals surface area contributed by atoms with E-state index in [9.17, 15) is 13.2 Å². The third-order valence-electron chi connectivity index (χ3n) is 3.30. The summed E-state index contributed by atoms with van der Waals surface area (Å²) in [5.74, 6) is 0.00751. The second-order valence-corrected chi connectivity index (χ2v) is 8.39. The Kier molecular flexibility index (Phi) is 6.05. The summed E-state index contributed by atoms with van der Waals surface area (Å²) < 4.78 is 33.4. The highest BCUT2D eigenvalue weighted by Gasteiger charge is 2.25. The second kappa shape index (κ2) is 7.88. The van der Waals surface area contributed by atoms with Gasteiger partial charge in [-0.2, -0.15) is 0 Å². The Labute approximate surface area is 154 Å². The molecule has 2 rings (SSSR count). The van der Waals surface area contributed by atoms with E-state index in [0.29, 0.717) is 17.9 Å². The Hall–Kier alpha value is -2.38. The molecule has 0 saturated heterocycles. The zero-order valence-electron chi connectivity index (χ0n) is 15.4. The van der Waals surface area contributed by atoms with E-state index < -0.39 is 21.5 Å². The van der Waals surface area contributed by atoms with E-state index in [0.717, 1.165) is 0 Å². The molecule has 26 heavy (non-hydrogen) atoms. The molecule has 2 aromatic carbocycles. The van der Waals surface area contributed by atoms with Gasteiger partial charge in [-0.15, -0.1) is 0 Å². The van der Waals surface area contributed by atoms with Crippen LogP contribution in [0.25, 0.3) is 0 Å². The molecule has 0 aliphatic heterocycles. The van der Waals surface area contributed by atoms with Gasteiger partial charge in [-0.25, -0.2) is 13.1 Å². The molecule has 7 heteroatoms. The molecular formula is C19H24N2O4S. The first-order valence-electron chi connectivity index (χ1n) is 8.30. The van der Waals surface area contributed by atoms with E-state index in [4.69, 9.17) is 4.74 Å². The van der Waals surface area contributed by atoms with Gasteiger partial charge in [0.25, 0.3) is 5.91 Å². The number of sulfonamides is 1. The largest absolute Gasteiger partial charge is 0.493 e. The number of nitrogens with one attached hydrogen (secondary N) is 2. The number of anilines is 1. The molecule has 0 spiro atoms. The highest BCUT2D eigenvalue weighted by molar-refractivity contribution is 7.89. The third-order valence-corrected chi connectivity index (χ3v) is 5.11. The quantitative estimate of drug-likeness (QED) is 0.809. The number of ether oxygens (including phenoxy) is 1. The Morgan fingerprint density at radius 1 is 1.04 bits per heavy atom. The van der Waals surface area contributed by atoms with Crippen LogP contribution in [0.2, 0.25) is 0 Å². The summed E-state index contributed by atoms with van der Waals surface area (Å²) in [5.41, 5.74) is -0.0942. The van der Waals surface area contributed by atoms with Gasteiger partial charge in [0.05, 0.1) is 17.9 Å². The third kappa shape index (κ3) is 5.06. The molecule has 0 aromatic heterocycles. The molecule has 0 heterocycles. The standard InChI is InChI=1S/C19H24N2O4S/c1-5-25-16-12-8-6-10-14(16)18(22)20-15-11-7-9-13-17(15)26(23,24)21-19(2,3)4/h6-13,21H,5H2,1-4H3,(H,20,22). The summed E-state index contributed by atoms with van der Waals surface area (Å²) in [6.07, 6.45) is 0. The fourth-order valence-electron chi connectivity index (χ4n) is 2.39. The van der Waals surface area contributed by atoms with Gasteiger partial charge >= 0.3 is 0 Å². The summed E-state index contributed by atoms with van der Waals surface area (Å²) in [7, 11) is -3.79. The average Bonchev–Trinajstić information content (AvgIpc) is 2.54. The highest BCUT2D eigenvalue weighted by atomic mass is 32.2. The second-order valence-electron chi connectivity index (χ2n) is 6.73. The van der Waals surface area contributed by atoms with Gasteiger partial charge in [0.1, 0.15) is 10.6 Å². The van der Waals surface area contributed by atoms with Crippen molar-refractivity contribution >= 4 is 21.6 Å². The van der Waals surface area contributed by atoms with Gasteiger partial charge in [-0.05, 0) is 52.0 Å². The van der Waals surface area contributed by atoms with Crippen molar-refractivity contribution in [1.29, 1.82) is 0 Å². The Morgan fingerprint density at radius 3 is 2.31 bits per heavy atom. The minimum Gasteiger partial charge on any atom is -0.493 e. The lowest BCUT2D eigenvalue weighted by molar-refractivity contribution is 0.102. The number of rotatable bonds is 6. The maximum absolute atomic E-state index is 12.7. The summed E-state index contributed by atoms with van der Waals surface area (Å²) in [6, 6.07) is 13.1. The van der Waals surface area contributed by atoms with Gasteiger partial charge in [0.2, 0.25) is 10.0 Å². The van der Waals surface area contributed by atoms with Crippen molar-refractivity contribution < 1.29 is 17.9 Å². The van der Waals surface area contributed by atoms with Crippen LogP contribution in [0.15, 0.2) is 53.4 Å². The molecule has 0 aliphatic carbocycles. The molecule has 0 fully saturated rings. The predicted octanol–water partition coefficient (Wildman–Crippen LogP) is 3.41. The summed E-state index contributed by atoms with van der Waals surface area (Å²) in [5, 5.41) is 2.68.